The first-order valence-corrected chi connectivity index (χ1v) is 2.18. The Morgan fingerprint density at radius 3 is 1.86 bits per heavy atom. The standard InChI is InChI=1S/C4H9BO2/c1-4(2,5)3(6)7/h5H2,1-2H3,(H,6,7). The number of hydrogen-bond acceptors (Lipinski definition) is 1. The summed E-state index contributed by atoms with van der Waals surface area (Å²) in [7, 11) is 1.66. The number of carbonyl (C=O) groups is 1. The van der Waals surface area contributed by atoms with Crippen LogP contribution in [0, 0.1) is 0 Å². The molecule has 3 heteroatoms. The van der Waals surface area contributed by atoms with Gasteiger partial charge in [-0.3, -0.25) is 4.79 Å². The molecule has 1 N–H and O–H groups in total. The summed E-state index contributed by atoms with van der Waals surface area (Å²) in [5.41, 5.74) is 0. The van der Waals surface area contributed by atoms with Gasteiger partial charge in [-0.05, 0) is 0 Å². The molecule has 0 aromatic heterocycles. The van der Waals surface area contributed by atoms with E-state index in [1.54, 1.807) is 21.7 Å². The van der Waals surface area contributed by atoms with E-state index in [2.05, 4.69) is 0 Å². The third-order valence-electron chi connectivity index (χ3n) is 0.642. The summed E-state index contributed by atoms with van der Waals surface area (Å²) in [4.78, 5) is 10.0. The Hall–Kier alpha value is -0.465. The van der Waals surface area contributed by atoms with Gasteiger partial charge in [0.2, 0.25) is 0 Å². The van der Waals surface area contributed by atoms with Crippen molar-refractivity contribution in [2.45, 2.75) is 19.2 Å². The maximum absolute atomic E-state index is 10.0. The summed E-state index contributed by atoms with van der Waals surface area (Å²) in [5.74, 6) is -0.757. The van der Waals surface area contributed by atoms with E-state index in [1.807, 2.05) is 0 Å². The Morgan fingerprint density at radius 2 is 1.86 bits per heavy atom. The van der Waals surface area contributed by atoms with Gasteiger partial charge in [0.05, 0.1) is 0 Å². The smallest absolute Gasteiger partial charge is 0.300 e. The van der Waals surface area contributed by atoms with Gasteiger partial charge in [0.15, 0.2) is 0 Å². The van der Waals surface area contributed by atoms with Crippen LogP contribution in [0.1, 0.15) is 13.8 Å². The van der Waals surface area contributed by atoms with Crippen molar-refractivity contribution < 1.29 is 9.90 Å². The summed E-state index contributed by atoms with van der Waals surface area (Å²) >= 11 is 0. The lowest BCUT2D eigenvalue weighted by Crippen LogP contribution is -2.15. The fraction of sp³-hybridized carbons (Fsp3) is 0.750. The molecule has 2 nitrogen and oxygen atoms in total. The minimum absolute atomic E-state index is 0.583. The van der Waals surface area contributed by atoms with E-state index < -0.39 is 11.3 Å². The predicted octanol–water partition coefficient (Wildman–Crippen LogP) is -0.0974. The second kappa shape index (κ2) is 1.56. The second-order valence-electron chi connectivity index (χ2n) is 2.56. The van der Waals surface area contributed by atoms with Crippen LogP contribution in [0.3, 0.4) is 0 Å². The van der Waals surface area contributed by atoms with Gasteiger partial charge in [-0.1, -0.05) is 13.8 Å². The summed E-state index contributed by atoms with van der Waals surface area (Å²) in [6, 6.07) is 0. The first-order chi connectivity index (χ1) is 2.94. The van der Waals surface area contributed by atoms with Gasteiger partial charge in [-0.2, -0.15) is 0 Å². The zero-order valence-corrected chi connectivity index (χ0v) is 4.86. The van der Waals surface area contributed by atoms with Crippen LogP contribution in [0.15, 0.2) is 0 Å². The number of aliphatic carboxylic acids is 1. The van der Waals surface area contributed by atoms with E-state index in [4.69, 9.17) is 5.11 Å². The van der Waals surface area contributed by atoms with E-state index in [-0.39, 0.29) is 0 Å². The fourth-order valence-electron chi connectivity index (χ4n) is 0. The summed E-state index contributed by atoms with van der Waals surface area (Å²) < 4.78 is 0. The average molecular weight is 99.9 g/mol. The van der Waals surface area contributed by atoms with E-state index >= 15 is 0 Å². The van der Waals surface area contributed by atoms with Crippen LogP contribution in [-0.2, 0) is 4.79 Å². The largest absolute Gasteiger partial charge is 0.481 e. The molecule has 0 rings (SSSR count). The van der Waals surface area contributed by atoms with Gasteiger partial charge in [0.25, 0.3) is 0 Å². The van der Waals surface area contributed by atoms with Crippen molar-refractivity contribution in [3.63, 3.8) is 0 Å². The molecule has 0 saturated heterocycles. The molecule has 0 heterocycles. The zero-order chi connectivity index (χ0) is 6.08. The van der Waals surface area contributed by atoms with E-state index in [1.165, 1.54) is 0 Å². The minimum Gasteiger partial charge on any atom is -0.481 e. The molecule has 7 heavy (non-hydrogen) atoms. The predicted molar refractivity (Wildman–Crippen MR) is 30.2 cm³/mol. The minimum atomic E-state index is -0.757. The molecule has 0 aliphatic rings. The van der Waals surface area contributed by atoms with Crippen molar-refractivity contribution in [1.29, 1.82) is 0 Å². The molecule has 0 aliphatic heterocycles. The third kappa shape index (κ3) is 2.26. The first kappa shape index (κ1) is 6.53. The highest BCUT2D eigenvalue weighted by Crippen LogP contribution is 2.16. The lowest BCUT2D eigenvalue weighted by atomic mass is 9.73. The fourth-order valence-corrected chi connectivity index (χ4v) is 0. The van der Waals surface area contributed by atoms with E-state index in [0.717, 1.165) is 0 Å². The average Bonchev–Trinajstić information content (AvgIpc) is 1.31. The molecule has 0 saturated carbocycles. The lowest BCUT2D eigenvalue weighted by Gasteiger charge is -2.08. The monoisotopic (exact) mass is 100 g/mol. The number of carboxylic acids is 1. The molecule has 0 radical (unpaired) electrons. The van der Waals surface area contributed by atoms with Crippen LogP contribution in [-0.4, -0.2) is 18.9 Å². The molecule has 0 fully saturated rings. The van der Waals surface area contributed by atoms with Crippen molar-refractivity contribution in [2.75, 3.05) is 0 Å². The number of rotatable bonds is 1. The molecule has 0 spiro atoms. The van der Waals surface area contributed by atoms with Crippen LogP contribution >= 0.6 is 0 Å². The zero-order valence-electron chi connectivity index (χ0n) is 4.86. The van der Waals surface area contributed by atoms with Gasteiger partial charge < -0.3 is 5.11 Å². The van der Waals surface area contributed by atoms with Gasteiger partial charge in [-0.15, -0.1) is 0 Å². The third-order valence-corrected chi connectivity index (χ3v) is 0.642. The Bertz CT molecular complexity index is 82.2. The Kier molecular flexibility index (Phi) is 1.46. The van der Waals surface area contributed by atoms with Crippen LogP contribution < -0.4 is 0 Å². The summed E-state index contributed by atoms with van der Waals surface area (Å²) in [6.07, 6.45) is 0. The molecule has 40 valence electrons. The summed E-state index contributed by atoms with van der Waals surface area (Å²) in [5, 5.41) is 7.67. The lowest BCUT2D eigenvalue weighted by molar-refractivity contribution is -0.139. The highest BCUT2D eigenvalue weighted by Gasteiger charge is 2.18. The van der Waals surface area contributed by atoms with Crippen molar-refractivity contribution in [1.82, 2.24) is 0 Å². The van der Waals surface area contributed by atoms with Gasteiger partial charge in [0, 0.05) is 5.31 Å². The summed E-state index contributed by atoms with van der Waals surface area (Å²) in [6.45, 7) is 3.32. The van der Waals surface area contributed by atoms with Gasteiger partial charge in [0.1, 0.15) is 7.85 Å². The molecule has 0 amide bonds. The van der Waals surface area contributed by atoms with E-state index in [9.17, 15) is 4.79 Å². The highest BCUT2D eigenvalue weighted by atomic mass is 16.4. The molecule has 0 atom stereocenters. The molecule has 0 unspecified atom stereocenters. The molecular formula is C4H9BO2. The van der Waals surface area contributed by atoms with Crippen molar-refractivity contribution >= 4 is 13.8 Å². The van der Waals surface area contributed by atoms with Gasteiger partial charge >= 0.3 is 5.97 Å². The van der Waals surface area contributed by atoms with Crippen molar-refractivity contribution in [2.24, 2.45) is 0 Å². The first-order valence-electron chi connectivity index (χ1n) is 2.18. The number of hydrogen-bond donors (Lipinski definition) is 1. The highest BCUT2D eigenvalue weighted by molar-refractivity contribution is 6.25. The maximum Gasteiger partial charge on any atom is 0.300 e. The molecule has 0 aliphatic carbocycles. The van der Waals surface area contributed by atoms with Crippen LogP contribution in [0.2, 0.25) is 5.31 Å². The van der Waals surface area contributed by atoms with Gasteiger partial charge in [-0.25, -0.2) is 0 Å². The quantitative estimate of drug-likeness (QED) is 0.467. The Labute approximate surface area is 43.9 Å². The molecular weight excluding hydrogens is 90.9 g/mol. The normalized spacial score (nSPS) is 11.1. The second-order valence-corrected chi connectivity index (χ2v) is 2.56. The van der Waals surface area contributed by atoms with Crippen molar-refractivity contribution in [3.05, 3.63) is 0 Å². The van der Waals surface area contributed by atoms with Crippen LogP contribution in [0.25, 0.3) is 0 Å². The van der Waals surface area contributed by atoms with Crippen LogP contribution in [0.4, 0.5) is 0 Å². The molecule has 0 aromatic rings. The molecule has 0 aromatic carbocycles. The molecule has 0 bridgehead atoms. The maximum atomic E-state index is 10.0. The Balaban J connectivity index is 3.79. The topological polar surface area (TPSA) is 37.3 Å². The van der Waals surface area contributed by atoms with E-state index in [0.29, 0.717) is 0 Å². The SMILES string of the molecule is BC(C)(C)C(=O)O. The van der Waals surface area contributed by atoms with Crippen molar-refractivity contribution in [3.8, 4) is 0 Å². The number of carboxylic acid groups (broad SMARTS) is 1. The van der Waals surface area contributed by atoms with Crippen LogP contribution in [0.5, 0.6) is 0 Å². The Morgan fingerprint density at radius 1 is 1.71 bits per heavy atom.